The number of unbranched alkanes of at least 4 members (excludes halogenated alkanes) is 2. The molecule has 2 N–H and O–H groups in total. The highest BCUT2D eigenvalue weighted by molar-refractivity contribution is 5.98. The number of methoxy groups -OCH3 is 1. The van der Waals surface area contributed by atoms with Crippen molar-refractivity contribution in [3.05, 3.63) is 59.7 Å². The van der Waals surface area contributed by atoms with Crippen molar-refractivity contribution in [2.45, 2.75) is 51.5 Å². The maximum Gasteiger partial charge on any atom is 0.254 e. The van der Waals surface area contributed by atoms with E-state index in [-0.39, 0.29) is 36.9 Å². The zero-order valence-corrected chi connectivity index (χ0v) is 19.4. The maximum absolute atomic E-state index is 13.0. The molecular weight excluding hydrogens is 418 g/mol. The minimum Gasteiger partial charge on any atom is -0.497 e. The van der Waals surface area contributed by atoms with Gasteiger partial charge in [0, 0.05) is 17.3 Å². The monoisotopic (exact) mass is 451 g/mol. The Hall–Kier alpha value is -3.35. The first-order valence-corrected chi connectivity index (χ1v) is 11.6. The summed E-state index contributed by atoms with van der Waals surface area (Å²) in [5.74, 6) is -0.138. The highest BCUT2D eigenvalue weighted by Gasteiger charge is 2.34. The summed E-state index contributed by atoms with van der Waals surface area (Å²) in [6.45, 7) is 1.96. The lowest BCUT2D eigenvalue weighted by Crippen LogP contribution is -2.43. The summed E-state index contributed by atoms with van der Waals surface area (Å²) in [6, 6.07) is 14.7. The van der Waals surface area contributed by atoms with Crippen molar-refractivity contribution in [3.8, 4) is 5.75 Å². The first-order valence-electron chi connectivity index (χ1n) is 11.6. The predicted molar refractivity (Wildman–Crippen MR) is 128 cm³/mol. The van der Waals surface area contributed by atoms with Gasteiger partial charge in [-0.3, -0.25) is 14.4 Å². The lowest BCUT2D eigenvalue weighted by molar-refractivity contribution is -0.124. The lowest BCUT2D eigenvalue weighted by atomic mass is 10.0. The summed E-state index contributed by atoms with van der Waals surface area (Å²) >= 11 is 0. The van der Waals surface area contributed by atoms with Crippen LogP contribution in [0.4, 0.5) is 5.69 Å². The number of anilines is 1. The Morgan fingerprint density at radius 3 is 2.27 bits per heavy atom. The number of nitrogens with zero attached hydrogens (tertiary/aromatic N) is 1. The standard InChI is InChI=1S/C26H33N3O4/c1-3-4-5-6-19-7-9-20(10-8-19)26(32)29(22-13-14-22)18-25(31)27-17-24(30)28-21-11-15-23(33-2)16-12-21/h7-12,15-16,22H,3-6,13-14,17-18H2,1-2H3,(H,27,31)(H,28,30). The van der Waals surface area contributed by atoms with Crippen LogP contribution in [0.15, 0.2) is 48.5 Å². The van der Waals surface area contributed by atoms with Gasteiger partial charge >= 0.3 is 0 Å². The van der Waals surface area contributed by atoms with Crippen LogP contribution in [0.3, 0.4) is 0 Å². The molecule has 0 saturated heterocycles. The van der Waals surface area contributed by atoms with Gasteiger partial charge in [-0.1, -0.05) is 31.9 Å². The average Bonchev–Trinajstić information content (AvgIpc) is 3.67. The van der Waals surface area contributed by atoms with Crippen LogP contribution in [0.1, 0.15) is 54.9 Å². The first kappa shape index (κ1) is 24.3. The molecule has 0 aliphatic heterocycles. The molecule has 1 aliphatic rings. The van der Waals surface area contributed by atoms with Crippen molar-refractivity contribution in [2.24, 2.45) is 0 Å². The van der Waals surface area contributed by atoms with Crippen LogP contribution in [0, 0.1) is 0 Å². The van der Waals surface area contributed by atoms with Gasteiger partial charge in [0.25, 0.3) is 5.91 Å². The molecule has 7 heteroatoms. The molecule has 0 spiro atoms. The van der Waals surface area contributed by atoms with Crippen LogP contribution in [-0.4, -0.2) is 48.9 Å². The SMILES string of the molecule is CCCCCc1ccc(C(=O)N(CC(=O)NCC(=O)Nc2ccc(OC)cc2)C2CC2)cc1. The van der Waals surface area contributed by atoms with E-state index in [1.165, 1.54) is 18.4 Å². The Bertz CT molecular complexity index is 937. The van der Waals surface area contributed by atoms with Crippen molar-refractivity contribution in [1.82, 2.24) is 10.2 Å². The fourth-order valence-corrected chi connectivity index (χ4v) is 3.58. The van der Waals surface area contributed by atoms with Gasteiger partial charge in [0.05, 0.1) is 13.7 Å². The van der Waals surface area contributed by atoms with Gasteiger partial charge in [-0.2, -0.15) is 0 Å². The summed E-state index contributed by atoms with van der Waals surface area (Å²) in [5.41, 5.74) is 2.42. The summed E-state index contributed by atoms with van der Waals surface area (Å²) in [6.07, 6.45) is 6.32. The second-order valence-electron chi connectivity index (χ2n) is 8.37. The van der Waals surface area contributed by atoms with Gasteiger partial charge in [-0.25, -0.2) is 0 Å². The number of carbonyl (C=O) groups excluding carboxylic acids is 3. The number of aryl methyl sites for hydroxylation is 1. The molecule has 1 aliphatic carbocycles. The summed E-state index contributed by atoms with van der Waals surface area (Å²) in [5, 5.41) is 5.33. The minimum absolute atomic E-state index is 0.0580. The third kappa shape index (κ3) is 7.63. The number of benzene rings is 2. The second-order valence-corrected chi connectivity index (χ2v) is 8.37. The van der Waals surface area contributed by atoms with Gasteiger partial charge in [0.2, 0.25) is 11.8 Å². The molecular formula is C26H33N3O4. The Morgan fingerprint density at radius 2 is 1.67 bits per heavy atom. The first-order chi connectivity index (χ1) is 16.0. The number of hydrogen-bond acceptors (Lipinski definition) is 4. The van der Waals surface area contributed by atoms with E-state index in [4.69, 9.17) is 4.74 Å². The van der Waals surface area contributed by atoms with E-state index in [0.717, 1.165) is 25.7 Å². The molecule has 0 heterocycles. The Morgan fingerprint density at radius 1 is 0.970 bits per heavy atom. The molecule has 2 aromatic rings. The molecule has 2 aromatic carbocycles. The number of hydrogen-bond donors (Lipinski definition) is 2. The summed E-state index contributed by atoms with van der Waals surface area (Å²) in [4.78, 5) is 39.2. The fourth-order valence-electron chi connectivity index (χ4n) is 3.58. The topological polar surface area (TPSA) is 87.7 Å². The van der Waals surface area contributed by atoms with E-state index >= 15 is 0 Å². The Balaban J connectivity index is 1.49. The van der Waals surface area contributed by atoms with E-state index in [1.807, 2.05) is 24.3 Å². The molecule has 1 saturated carbocycles. The Labute approximate surface area is 195 Å². The summed E-state index contributed by atoms with van der Waals surface area (Å²) < 4.78 is 5.09. The molecule has 7 nitrogen and oxygen atoms in total. The molecule has 3 amide bonds. The van der Waals surface area contributed by atoms with E-state index in [1.54, 1.807) is 36.3 Å². The van der Waals surface area contributed by atoms with Crippen molar-refractivity contribution >= 4 is 23.4 Å². The van der Waals surface area contributed by atoms with Crippen LogP contribution in [0.2, 0.25) is 0 Å². The minimum atomic E-state index is -0.351. The normalized spacial score (nSPS) is 12.7. The third-order valence-corrected chi connectivity index (χ3v) is 5.65. The van der Waals surface area contributed by atoms with E-state index < -0.39 is 0 Å². The quantitative estimate of drug-likeness (QED) is 0.481. The fraction of sp³-hybridized carbons (Fsp3) is 0.423. The Kier molecular flexibility index (Phi) is 8.87. The molecule has 0 radical (unpaired) electrons. The lowest BCUT2D eigenvalue weighted by Gasteiger charge is -2.22. The molecule has 0 unspecified atom stereocenters. The largest absolute Gasteiger partial charge is 0.497 e. The number of amides is 3. The van der Waals surface area contributed by atoms with E-state index in [2.05, 4.69) is 17.6 Å². The van der Waals surface area contributed by atoms with Gasteiger partial charge < -0.3 is 20.3 Å². The zero-order chi connectivity index (χ0) is 23.6. The van der Waals surface area contributed by atoms with Gasteiger partial charge in [-0.05, 0) is 67.6 Å². The average molecular weight is 452 g/mol. The van der Waals surface area contributed by atoms with Gasteiger partial charge in [-0.15, -0.1) is 0 Å². The molecule has 0 atom stereocenters. The molecule has 3 rings (SSSR count). The van der Waals surface area contributed by atoms with Crippen molar-refractivity contribution in [2.75, 3.05) is 25.5 Å². The predicted octanol–water partition coefficient (Wildman–Crippen LogP) is 3.79. The van der Waals surface area contributed by atoms with Crippen molar-refractivity contribution in [3.63, 3.8) is 0 Å². The number of carbonyl (C=O) groups is 3. The van der Waals surface area contributed by atoms with E-state index in [0.29, 0.717) is 17.0 Å². The van der Waals surface area contributed by atoms with Crippen LogP contribution >= 0.6 is 0 Å². The van der Waals surface area contributed by atoms with Crippen LogP contribution in [0.5, 0.6) is 5.75 Å². The number of ether oxygens (including phenoxy) is 1. The van der Waals surface area contributed by atoms with Crippen LogP contribution in [-0.2, 0) is 16.0 Å². The number of nitrogens with one attached hydrogen (secondary N) is 2. The summed E-state index contributed by atoms with van der Waals surface area (Å²) in [7, 11) is 1.57. The molecule has 1 fully saturated rings. The maximum atomic E-state index is 13.0. The van der Waals surface area contributed by atoms with E-state index in [9.17, 15) is 14.4 Å². The third-order valence-electron chi connectivity index (χ3n) is 5.65. The second kappa shape index (κ2) is 12.0. The number of rotatable bonds is 12. The molecule has 176 valence electrons. The van der Waals surface area contributed by atoms with Crippen LogP contribution < -0.4 is 15.4 Å². The molecule has 0 bridgehead atoms. The highest BCUT2D eigenvalue weighted by Crippen LogP contribution is 2.28. The smallest absolute Gasteiger partial charge is 0.254 e. The molecule has 33 heavy (non-hydrogen) atoms. The van der Waals surface area contributed by atoms with Gasteiger partial charge in [0.15, 0.2) is 0 Å². The van der Waals surface area contributed by atoms with Gasteiger partial charge in [0.1, 0.15) is 12.3 Å². The van der Waals surface area contributed by atoms with Crippen LogP contribution in [0.25, 0.3) is 0 Å². The van der Waals surface area contributed by atoms with Crippen molar-refractivity contribution < 1.29 is 19.1 Å². The highest BCUT2D eigenvalue weighted by atomic mass is 16.5. The van der Waals surface area contributed by atoms with Crippen molar-refractivity contribution in [1.29, 1.82) is 0 Å². The molecule has 0 aromatic heterocycles. The zero-order valence-electron chi connectivity index (χ0n) is 19.4.